The lowest BCUT2D eigenvalue weighted by molar-refractivity contribution is 0.0904. The predicted octanol–water partition coefficient (Wildman–Crippen LogP) is 3.85. The number of benzene rings is 2. The highest BCUT2D eigenvalue weighted by Crippen LogP contribution is 2.37. The Balaban J connectivity index is 1.77. The molecule has 2 aromatic carbocycles. The first-order valence-corrected chi connectivity index (χ1v) is 7.96. The summed E-state index contributed by atoms with van der Waals surface area (Å²) in [4.78, 5) is 12.4. The number of hydrogen-bond acceptors (Lipinski definition) is 2. The van der Waals surface area contributed by atoms with Gasteiger partial charge in [-0.25, -0.2) is 4.39 Å². The fourth-order valence-corrected chi connectivity index (χ4v) is 3.34. The molecule has 114 valence electrons. The van der Waals surface area contributed by atoms with Crippen LogP contribution in [0, 0.1) is 5.82 Å². The van der Waals surface area contributed by atoms with Crippen molar-refractivity contribution in [2.45, 2.75) is 24.8 Å². The number of carbonyl (C=O) groups is 1. The van der Waals surface area contributed by atoms with Crippen LogP contribution in [0.1, 0.15) is 34.7 Å². The molecule has 2 aromatic rings. The Labute approximate surface area is 136 Å². The molecule has 0 bridgehead atoms. The number of nitrogen functional groups attached to an aromatic ring is 1. The largest absolute Gasteiger partial charge is 0.396 e. The Bertz CT molecular complexity index is 705. The van der Waals surface area contributed by atoms with Gasteiger partial charge < -0.3 is 11.1 Å². The molecule has 0 aliphatic heterocycles. The van der Waals surface area contributed by atoms with Crippen LogP contribution in [0.4, 0.5) is 10.1 Å². The molecule has 0 radical (unpaired) electrons. The fraction of sp³-hybridized carbons (Fsp3) is 0.235. The van der Waals surface area contributed by atoms with E-state index in [1.165, 1.54) is 17.7 Å². The molecule has 2 atom stereocenters. The van der Waals surface area contributed by atoms with E-state index < -0.39 is 5.82 Å². The molecule has 1 fully saturated rings. The van der Waals surface area contributed by atoms with Gasteiger partial charge in [0.15, 0.2) is 0 Å². The van der Waals surface area contributed by atoms with Crippen molar-refractivity contribution in [2.75, 3.05) is 5.73 Å². The standard InChI is InChI=1S/C17H16BrFN2O/c18-12-7-8-13(19)16(20)15(12)17(22)21-14-9-6-11(14)10-4-2-1-3-5-10/h1-5,7-8,11,14H,6,9,20H2,(H,21,22)/t11-,14+/m1/s1. The van der Waals surface area contributed by atoms with Gasteiger partial charge in [-0.15, -0.1) is 0 Å². The van der Waals surface area contributed by atoms with E-state index in [1.807, 2.05) is 18.2 Å². The lowest BCUT2D eigenvalue weighted by atomic mass is 9.75. The zero-order valence-corrected chi connectivity index (χ0v) is 13.4. The quantitative estimate of drug-likeness (QED) is 0.814. The molecule has 5 heteroatoms. The average molecular weight is 363 g/mol. The molecular formula is C17H16BrFN2O. The van der Waals surface area contributed by atoms with Gasteiger partial charge in [0.1, 0.15) is 5.82 Å². The molecule has 22 heavy (non-hydrogen) atoms. The fourth-order valence-electron chi connectivity index (χ4n) is 2.81. The summed E-state index contributed by atoms with van der Waals surface area (Å²) in [6, 6.07) is 12.9. The third kappa shape index (κ3) is 2.73. The number of anilines is 1. The van der Waals surface area contributed by atoms with Gasteiger partial charge in [0.2, 0.25) is 0 Å². The number of carbonyl (C=O) groups excluding carboxylic acids is 1. The molecule has 0 aromatic heterocycles. The molecule has 1 saturated carbocycles. The molecule has 3 N–H and O–H groups in total. The van der Waals surface area contributed by atoms with Crippen LogP contribution < -0.4 is 11.1 Å². The lowest BCUT2D eigenvalue weighted by Crippen LogP contribution is -2.45. The van der Waals surface area contributed by atoms with Crippen molar-refractivity contribution in [3.8, 4) is 0 Å². The van der Waals surface area contributed by atoms with Crippen LogP contribution in [-0.2, 0) is 0 Å². The second kappa shape index (κ2) is 6.08. The molecule has 1 amide bonds. The van der Waals surface area contributed by atoms with E-state index in [-0.39, 0.29) is 23.2 Å². The molecule has 3 rings (SSSR count). The highest BCUT2D eigenvalue weighted by atomic mass is 79.9. The normalized spacial score (nSPS) is 20.3. The van der Waals surface area contributed by atoms with Gasteiger partial charge in [0, 0.05) is 16.4 Å². The zero-order valence-electron chi connectivity index (χ0n) is 11.9. The summed E-state index contributed by atoms with van der Waals surface area (Å²) in [5, 5.41) is 2.97. The third-order valence-corrected chi connectivity index (χ3v) is 4.85. The molecule has 1 aliphatic carbocycles. The summed E-state index contributed by atoms with van der Waals surface area (Å²) >= 11 is 3.26. The van der Waals surface area contributed by atoms with Crippen LogP contribution in [0.25, 0.3) is 0 Å². The molecule has 0 unspecified atom stereocenters. The monoisotopic (exact) mass is 362 g/mol. The Morgan fingerprint density at radius 1 is 1.18 bits per heavy atom. The van der Waals surface area contributed by atoms with Crippen LogP contribution in [0.2, 0.25) is 0 Å². The van der Waals surface area contributed by atoms with E-state index in [2.05, 4.69) is 33.4 Å². The first-order valence-electron chi connectivity index (χ1n) is 7.17. The second-order valence-corrected chi connectivity index (χ2v) is 6.35. The maximum absolute atomic E-state index is 13.6. The van der Waals surface area contributed by atoms with Crippen molar-refractivity contribution in [1.82, 2.24) is 5.32 Å². The van der Waals surface area contributed by atoms with Crippen molar-refractivity contribution in [3.63, 3.8) is 0 Å². The van der Waals surface area contributed by atoms with E-state index >= 15 is 0 Å². The van der Waals surface area contributed by atoms with Gasteiger partial charge in [0.25, 0.3) is 5.91 Å². The maximum atomic E-state index is 13.6. The first-order chi connectivity index (χ1) is 10.6. The Morgan fingerprint density at radius 3 is 2.55 bits per heavy atom. The van der Waals surface area contributed by atoms with Gasteiger partial charge >= 0.3 is 0 Å². The van der Waals surface area contributed by atoms with E-state index in [0.717, 1.165) is 12.8 Å². The number of halogens is 2. The number of nitrogens with two attached hydrogens (primary N) is 1. The van der Waals surface area contributed by atoms with Crippen LogP contribution in [0.5, 0.6) is 0 Å². The van der Waals surface area contributed by atoms with E-state index in [0.29, 0.717) is 10.4 Å². The van der Waals surface area contributed by atoms with Crippen molar-refractivity contribution in [1.29, 1.82) is 0 Å². The minimum Gasteiger partial charge on any atom is -0.396 e. The molecule has 0 spiro atoms. The Kier molecular flexibility index (Phi) is 4.16. The SMILES string of the molecule is Nc1c(F)ccc(Br)c1C(=O)N[C@H]1CC[C@@H]1c1ccccc1. The smallest absolute Gasteiger partial charge is 0.254 e. The van der Waals surface area contributed by atoms with Gasteiger partial charge in [-0.1, -0.05) is 30.3 Å². The van der Waals surface area contributed by atoms with Gasteiger partial charge in [-0.05, 0) is 46.5 Å². The van der Waals surface area contributed by atoms with E-state index in [1.54, 1.807) is 0 Å². The Hall–Kier alpha value is -1.88. The molecule has 1 aliphatic rings. The molecule has 0 saturated heterocycles. The topological polar surface area (TPSA) is 55.1 Å². The van der Waals surface area contributed by atoms with Gasteiger partial charge in [0.05, 0.1) is 11.3 Å². The van der Waals surface area contributed by atoms with Gasteiger partial charge in [-0.2, -0.15) is 0 Å². The summed E-state index contributed by atoms with van der Waals surface area (Å²) < 4.78 is 14.1. The minimum atomic E-state index is -0.582. The van der Waals surface area contributed by atoms with Crippen molar-refractivity contribution >= 4 is 27.5 Å². The summed E-state index contributed by atoms with van der Waals surface area (Å²) in [7, 11) is 0. The van der Waals surface area contributed by atoms with E-state index in [9.17, 15) is 9.18 Å². The summed E-state index contributed by atoms with van der Waals surface area (Å²) in [5.41, 5.74) is 6.96. The summed E-state index contributed by atoms with van der Waals surface area (Å²) in [6.07, 6.45) is 1.95. The number of hydrogen-bond donors (Lipinski definition) is 2. The van der Waals surface area contributed by atoms with Crippen LogP contribution in [-0.4, -0.2) is 11.9 Å². The van der Waals surface area contributed by atoms with Gasteiger partial charge in [-0.3, -0.25) is 4.79 Å². The van der Waals surface area contributed by atoms with Crippen LogP contribution in [0.3, 0.4) is 0 Å². The lowest BCUT2D eigenvalue weighted by Gasteiger charge is -2.37. The maximum Gasteiger partial charge on any atom is 0.254 e. The second-order valence-electron chi connectivity index (χ2n) is 5.49. The average Bonchev–Trinajstić information content (AvgIpc) is 2.49. The van der Waals surface area contributed by atoms with Crippen molar-refractivity contribution in [2.24, 2.45) is 0 Å². The third-order valence-electron chi connectivity index (χ3n) is 4.19. The van der Waals surface area contributed by atoms with Crippen LogP contribution >= 0.6 is 15.9 Å². The van der Waals surface area contributed by atoms with E-state index in [4.69, 9.17) is 5.73 Å². The Morgan fingerprint density at radius 2 is 1.91 bits per heavy atom. The highest BCUT2D eigenvalue weighted by Gasteiger charge is 2.34. The molecule has 3 nitrogen and oxygen atoms in total. The predicted molar refractivity (Wildman–Crippen MR) is 88.2 cm³/mol. The number of rotatable bonds is 3. The molecule has 0 heterocycles. The summed E-state index contributed by atoms with van der Waals surface area (Å²) in [5.74, 6) is -0.616. The number of nitrogens with one attached hydrogen (secondary N) is 1. The number of amides is 1. The van der Waals surface area contributed by atoms with Crippen LogP contribution in [0.15, 0.2) is 46.9 Å². The van der Waals surface area contributed by atoms with Crippen molar-refractivity contribution in [3.05, 3.63) is 63.9 Å². The molecular weight excluding hydrogens is 347 g/mol. The zero-order chi connectivity index (χ0) is 15.7. The summed E-state index contributed by atoms with van der Waals surface area (Å²) in [6.45, 7) is 0. The van der Waals surface area contributed by atoms with Crippen molar-refractivity contribution < 1.29 is 9.18 Å². The first kappa shape index (κ1) is 15.0. The highest BCUT2D eigenvalue weighted by molar-refractivity contribution is 9.10. The minimum absolute atomic E-state index is 0.0597.